The van der Waals surface area contributed by atoms with E-state index in [1.54, 1.807) is 35.7 Å². The number of anilines is 2. The molecule has 144 valence electrons. The maximum absolute atomic E-state index is 12.5. The van der Waals surface area contributed by atoms with E-state index in [1.165, 1.54) is 23.5 Å². The molecule has 0 aliphatic carbocycles. The molecule has 3 rings (SSSR count). The van der Waals surface area contributed by atoms with Gasteiger partial charge in [-0.05, 0) is 36.4 Å². The van der Waals surface area contributed by atoms with E-state index in [2.05, 4.69) is 15.6 Å². The van der Waals surface area contributed by atoms with Crippen LogP contribution in [0.1, 0.15) is 21.6 Å². The Hall–Kier alpha value is -3.20. The predicted molar refractivity (Wildman–Crippen MR) is 100 cm³/mol. The fraction of sp³-hybridized carbons (Fsp3) is 0.105. The summed E-state index contributed by atoms with van der Waals surface area (Å²) in [6, 6.07) is 12.8. The minimum atomic E-state index is -4.43. The molecule has 2 N–H and O–H groups in total. The second kappa shape index (κ2) is 8.22. The molecule has 1 aromatic heterocycles. The van der Waals surface area contributed by atoms with Crippen LogP contribution in [0.25, 0.3) is 0 Å². The molecular weight excluding hydrogens is 391 g/mol. The van der Waals surface area contributed by atoms with Gasteiger partial charge >= 0.3 is 6.18 Å². The quantitative estimate of drug-likeness (QED) is 0.652. The first-order chi connectivity index (χ1) is 13.3. The molecular formula is C19H14F3N3O2S. The average molecular weight is 405 g/mol. The molecule has 2 aromatic carbocycles. The fourth-order valence-corrected chi connectivity index (χ4v) is 3.02. The van der Waals surface area contributed by atoms with Crippen LogP contribution >= 0.6 is 11.3 Å². The Bertz CT molecular complexity index is 970. The lowest BCUT2D eigenvalue weighted by Crippen LogP contribution is -2.15. The molecule has 0 aliphatic rings. The minimum Gasteiger partial charge on any atom is -0.326 e. The monoisotopic (exact) mass is 405 g/mol. The van der Waals surface area contributed by atoms with E-state index in [9.17, 15) is 22.8 Å². The van der Waals surface area contributed by atoms with Crippen LogP contribution in [-0.4, -0.2) is 16.8 Å². The van der Waals surface area contributed by atoms with E-state index >= 15 is 0 Å². The zero-order chi connectivity index (χ0) is 20.1. The van der Waals surface area contributed by atoms with Gasteiger partial charge in [0.1, 0.15) is 0 Å². The van der Waals surface area contributed by atoms with E-state index in [4.69, 9.17) is 0 Å². The summed E-state index contributed by atoms with van der Waals surface area (Å²) in [5.74, 6) is -0.735. The maximum atomic E-state index is 12.5. The highest BCUT2D eigenvalue weighted by molar-refractivity contribution is 7.14. The van der Waals surface area contributed by atoms with Gasteiger partial charge in [-0.3, -0.25) is 14.9 Å². The van der Waals surface area contributed by atoms with E-state index in [0.29, 0.717) is 16.4 Å². The van der Waals surface area contributed by atoms with Crippen LogP contribution in [0.5, 0.6) is 0 Å². The SMILES string of the molecule is O=C(Cc1csc(NC(=O)c2ccccc2)n1)Nc1ccc(C(F)(F)F)cc1. The molecule has 0 atom stereocenters. The number of amides is 2. The number of hydrogen-bond acceptors (Lipinski definition) is 4. The molecule has 0 aliphatic heterocycles. The van der Waals surface area contributed by atoms with Gasteiger partial charge in [-0.15, -0.1) is 11.3 Å². The number of halogens is 3. The number of alkyl halides is 3. The van der Waals surface area contributed by atoms with Gasteiger partial charge in [0.15, 0.2) is 5.13 Å². The number of aromatic nitrogens is 1. The van der Waals surface area contributed by atoms with Crippen LogP contribution in [0.15, 0.2) is 60.0 Å². The van der Waals surface area contributed by atoms with Crippen molar-refractivity contribution in [3.05, 3.63) is 76.8 Å². The lowest BCUT2D eigenvalue weighted by Gasteiger charge is -2.08. The first kappa shape index (κ1) is 19.6. The van der Waals surface area contributed by atoms with E-state index < -0.39 is 17.6 Å². The fourth-order valence-electron chi connectivity index (χ4n) is 2.32. The first-order valence-electron chi connectivity index (χ1n) is 8.09. The third-order valence-electron chi connectivity index (χ3n) is 3.65. The van der Waals surface area contributed by atoms with Crippen LogP contribution in [-0.2, 0) is 17.4 Å². The maximum Gasteiger partial charge on any atom is 0.416 e. The molecule has 0 saturated carbocycles. The minimum absolute atomic E-state index is 0.0707. The van der Waals surface area contributed by atoms with Crippen molar-refractivity contribution in [1.82, 2.24) is 4.98 Å². The standard InChI is InChI=1S/C19H14F3N3O2S/c20-19(21,22)13-6-8-14(9-7-13)23-16(26)10-15-11-28-18(24-15)25-17(27)12-4-2-1-3-5-12/h1-9,11H,10H2,(H,23,26)(H,24,25,27). The Labute approximate surface area is 162 Å². The number of thiazole rings is 1. The number of carbonyl (C=O) groups is 2. The van der Waals surface area contributed by atoms with Crippen molar-refractivity contribution in [2.75, 3.05) is 10.6 Å². The van der Waals surface area contributed by atoms with Crippen molar-refractivity contribution in [2.45, 2.75) is 12.6 Å². The van der Waals surface area contributed by atoms with Gasteiger partial charge in [0.2, 0.25) is 5.91 Å². The second-order valence-corrected chi connectivity index (χ2v) is 6.62. The van der Waals surface area contributed by atoms with Crippen molar-refractivity contribution in [3.8, 4) is 0 Å². The number of nitrogens with one attached hydrogen (secondary N) is 2. The Morgan fingerprint density at radius 3 is 2.29 bits per heavy atom. The third-order valence-corrected chi connectivity index (χ3v) is 4.45. The summed E-state index contributed by atoms with van der Waals surface area (Å²) in [6.45, 7) is 0. The summed E-state index contributed by atoms with van der Waals surface area (Å²) in [5.41, 5.74) is 0.395. The smallest absolute Gasteiger partial charge is 0.326 e. The van der Waals surface area contributed by atoms with Gasteiger partial charge in [-0.1, -0.05) is 18.2 Å². The molecule has 0 spiro atoms. The molecule has 0 fully saturated rings. The van der Waals surface area contributed by atoms with Gasteiger partial charge in [-0.2, -0.15) is 13.2 Å². The number of benzene rings is 2. The molecule has 5 nitrogen and oxygen atoms in total. The molecule has 2 amide bonds. The summed E-state index contributed by atoms with van der Waals surface area (Å²) >= 11 is 1.18. The normalized spacial score (nSPS) is 11.1. The van der Waals surface area contributed by atoms with E-state index in [1.807, 2.05) is 0 Å². The highest BCUT2D eigenvalue weighted by Crippen LogP contribution is 2.29. The lowest BCUT2D eigenvalue weighted by atomic mass is 10.2. The van der Waals surface area contributed by atoms with Crippen LogP contribution in [0, 0.1) is 0 Å². The highest BCUT2D eigenvalue weighted by Gasteiger charge is 2.30. The topological polar surface area (TPSA) is 71.1 Å². The summed E-state index contributed by atoms with van der Waals surface area (Å²) in [7, 11) is 0. The van der Waals surface area contributed by atoms with Crippen LogP contribution in [0.4, 0.5) is 24.0 Å². The van der Waals surface area contributed by atoms with Crippen molar-refractivity contribution < 1.29 is 22.8 Å². The molecule has 3 aromatic rings. The zero-order valence-electron chi connectivity index (χ0n) is 14.3. The Kier molecular flexibility index (Phi) is 5.74. The number of carbonyl (C=O) groups excluding carboxylic acids is 2. The highest BCUT2D eigenvalue weighted by atomic mass is 32.1. The van der Waals surface area contributed by atoms with Gasteiger partial charge in [0.05, 0.1) is 17.7 Å². The molecule has 0 radical (unpaired) electrons. The summed E-state index contributed by atoms with van der Waals surface area (Å²) in [5, 5.41) is 7.15. The van der Waals surface area contributed by atoms with Crippen molar-refractivity contribution in [1.29, 1.82) is 0 Å². The first-order valence-corrected chi connectivity index (χ1v) is 8.97. The molecule has 0 bridgehead atoms. The molecule has 9 heteroatoms. The van der Waals surface area contributed by atoms with Crippen molar-refractivity contribution >= 4 is 34.0 Å². The summed E-state index contributed by atoms with van der Waals surface area (Å²) < 4.78 is 37.6. The van der Waals surface area contributed by atoms with Crippen molar-refractivity contribution in [2.24, 2.45) is 0 Å². The predicted octanol–water partition coefficient (Wildman–Crippen LogP) is 4.60. The molecule has 1 heterocycles. The number of rotatable bonds is 5. The molecule has 0 unspecified atom stereocenters. The van der Waals surface area contributed by atoms with Gasteiger partial charge in [0.25, 0.3) is 5.91 Å². The second-order valence-electron chi connectivity index (χ2n) is 5.76. The van der Waals surface area contributed by atoms with E-state index in [0.717, 1.165) is 12.1 Å². The van der Waals surface area contributed by atoms with Crippen LogP contribution in [0.3, 0.4) is 0 Å². The summed E-state index contributed by atoms with van der Waals surface area (Å²) in [6.07, 6.45) is -4.50. The Morgan fingerprint density at radius 2 is 1.64 bits per heavy atom. The molecule has 0 saturated heterocycles. The van der Waals surface area contributed by atoms with Crippen molar-refractivity contribution in [3.63, 3.8) is 0 Å². The van der Waals surface area contributed by atoms with Crippen LogP contribution in [0.2, 0.25) is 0 Å². The lowest BCUT2D eigenvalue weighted by molar-refractivity contribution is -0.137. The third kappa shape index (κ3) is 5.17. The largest absolute Gasteiger partial charge is 0.416 e. The van der Waals surface area contributed by atoms with Gasteiger partial charge in [-0.25, -0.2) is 4.98 Å². The van der Waals surface area contributed by atoms with Gasteiger partial charge in [0, 0.05) is 16.6 Å². The summed E-state index contributed by atoms with van der Waals surface area (Å²) in [4.78, 5) is 28.3. The molecule has 28 heavy (non-hydrogen) atoms. The Morgan fingerprint density at radius 1 is 0.964 bits per heavy atom. The zero-order valence-corrected chi connectivity index (χ0v) is 15.1. The number of hydrogen-bond donors (Lipinski definition) is 2. The number of nitrogens with zero attached hydrogens (tertiary/aromatic N) is 1. The van der Waals surface area contributed by atoms with Gasteiger partial charge < -0.3 is 5.32 Å². The van der Waals surface area contributed by atoms with Crippen LogP contribution < -0.4 is 10.6 Å². The average Bonchev–Trinajstić information content (AvgIpc) is 3.08. The Balaban J connectivity index is 1.56. The van der Waals surface area contributed by atoms with E-state index in [-0.39, 0.29) is 18.0 Å².